The van der Waals surface area contributed by atoms with Crippen LogP contribution < -0.4 is 9.64 Å². The van der Waals surface area contributed by atoms with Crippen LogP contribution in [0.2, 0.25) is 5.02 Å². The van der Waals surface area contributed by atoms with E-state index in [1.54, 1.807) is 30.1 Å². The van der Waals surface area contributed by atoms with Gasteiger partial charge < -0.3 is 14.5 Å². The number of hydrogen-bond acceptors (Lipinski definition) is 4. The van der Waals surface area contributed by atoms with Gasteiger partial charge in [-0.05, 0) is 54.8 Å². The zero-order chi connectivity index (χ0) is 24.2. The second-order valence-corrected chi connectivity index (χ2v) is 9.84. The van der Waals surface area contributed by atoms with E-state index in [2.05, 4.69) is 13.8 Å². The van der Waals surface area contributed by atoms with Crippen LogP contribution in [0.5, 0.6) is 5.75 Å². The quantitative estimate of drug-likeness (QED) is 0.373. The average molecular weight is 497 g/mol. The van der Waals surface area contributed by atoms with Gasteiger partial charge in [0.25, 0.3) is 11.8 Å². The average Bonchev–Trinajstić information content (AvgIpc) is 3.19. The van der Waals surface area contributed by atoms with Crippen molar-refractivity contribution in [3.05, 3.63) is 69.6 Å². The smallest absolute Gasteiger partial charge is 0.268 e. The Morgan fingerprint density at radius 3 is 2.47 bits per heavy atom. The number of rotatable bonds is 7. The van der Waals surface area contributed by atoms with Gasteiger partial charge in [0.2, 0.25) is 0 Å². The highest BCUT2D eigenvalue weighted by molar-refractivity contribution is 7.17. The van der Waals surface area contributed by atoms with Gasteiger partial charge in [0.1, 0.15) is 5.75 Å². The van der Waals surface area contributed by atoms with Crippen LogP contribution in [-0.4, -0.2) is 43.5 Å². The molecule has 0 atom stereocenters. The number of anilines is 1. The van der Waals surface area contributed by atoms with E-state index in [1.807, 2.05) is 35.2 Å². The number of amides is 2. The number of ether oxygens (including phenoxy) is 1. The third-order valence-corrected chi connectivity index (χ3v) is 7.42. The predicted molar refractivity (Wildman–Crippen MR) is 140 cm³/mol. The summed E-state index contributed by atoms with van der Waals surface area (Å²) in [5, 5.41) is 0.381. The van der Waals surface area contributed by atoms with Crippen LogP contribution in [0.15, 0.2) is 48.5 Å². The Balaban J connectivity index is 1.58. The fourth-order valence-electron chi connectivity index (χ4n) is 4.22. The topological polar surface area (TPSA) is 49.9 Å². The molecule has 178 valence electrons. The number of fused-ring (bicyclic) bond motifs is 3. The third-order valence-electron chi connectivity index (χ3n) is 5.92. The SMILES string of the molecule is CCCN(CCC)C(=O)c1ccc(N(C)C(=O)c2cc3c(s2)-c2ccccc2OCC3)c(Cl)c1. The van der Waals surface area contributed by atoms with Gasteiger partial charge in [0.05, 0.1) is 22.2 Å². The minimum atomic E-state index is -0.129. The summed E-state index contributed by atoms with van der Waals surface area (Å²) in [5.41, 5.74) is 3.25. The molecule has 7 heteroatoms. The van der Waals surface area contributed by atoms with Gasteiger partial charge in [-0.25, -0.2) is 0 Å². The summed E-state index contributed by atoms with van der Waals surface area (Å²) in [6, 6.07) is 15.1. The number of nitrogens with zero attached hydrogens (tertiary/aromatic N) is 2. The summed E-state index contributed by atoms with van der Waals surface area (Å²) in [6.45, 7) is 6.12. The van der Waals surface area contributed by atoms with Crippen molar-refractivity contribution >= 4 is 40.4 Å². The molecule has 0 aliphatic carbocycles. The van der Waals surface area contributed by atoms with Gasteiger partial charge >= 0.3 is 0 Å². The van der Waals surface area contributed by atoms with Crippen LogP contribution in [0.3, 0.4) is 0 Å². The lowest BCUT2D eigenvalue weighted by atomic mass is 10.1. The Morgan fingerprint density at radius 2 is 1.76 bits per heavy atom. The first-order valence-electron chi connectivity index (χ1n) is 11.7. The van der Waals surface area contributed by atoms with Crippen LogP contribution in [0, 0.1) is 0 Å². The second kappa shape index (κ2) is 10.6. The predicted octanol–water partition coefficient (Wildman–Crippen LogP) is 6.54. The lowest BCUT2D eigenvalue weighted by Crippen LogP contribution is -2.32. The van der Waals surface area contributed by atoms with E-state index in [0.717, 1.165) is 41.0 Å². The number of carbonyl (C=O) groups is 2. The summed E-state index contributed by atoms with van der Waals surface area (Å²) in [5.74, 6) is 0.684. The van der Waals surface area contributed by atoms with Crippen LogP contribution in [0.1, 0.15) is 52.3 Å². The first kappa shape index (κ1) is 24.3. The second-order valence-electron chi connectivity index (χ2n) is 8.38. The number of thiophene rings is 1. The largest absolute Gasteiger partial charge is 0.493 e. The van der Waals surface area contributed by atoms with Crippen molar-refractivity contribution in [1.82, 2.24) is 4.90 Å². The first-order valence-corrected chi connectivity index (χ1v) is 12.9. The molecule has 2 heterocycles. The lowest BCUT2D eigenvalue weighted by Gasteiger charge is -2.23. The zero-order valence-electron chi connectivity index (χ0n) is 19.8. The maximum atomic E-state index is 13.4. The maximum Gasteiger partial charge on any atom is 0.268 e. The highest BCUT2D eigenvalue weighted by Crippen LogP contribution is 2.41. The molecule has 34 heavy (non-hydrogen) atoms. The molecule has 0 unspecified atom stereocenters. The molecular formula is C27H29ClN2O3S. The Morgan fingerprint density at radius 1 is 1.03 bits per heavy atom. The Labute approximate surface area is 209 Å². The third kappa shape index (κ3) is 4.84. The molecule has 0 spiro atoms. The fourth-order valence-corrected chi connectivity index (χ4v) is 5.75. The van der Waals surface area contributed by atoms with Crippen molar-refractivity contribution in [2.45, 2.75) is 33.1 Å². The van der Waals surface area contributed by atoms with E-state index >= 15 is 0 Å². The summed E-state index contributed by atoms with van der Waals surface area (Å²) >= 11 is 8.05. The molecule has 0 bridgehead atoms. The summed E-state index contributed by atoms with van der Waals surface area (Å²) in [7, 11) is 1.72. The van der Waals surface area contributed by atoms with E-state index in [0.29, 0.717) is 40.8 Å². The number of hydrogen-bond donors (Lipinski definition) is 0. The van der Waals surface area contributed by atoms with Gasteiger partial charge in [-0.3, -0.25) is 9.59 Å². The van der Waals surface area contributed by atoms with E-state index in [4.69, 9.17) is 16.3 Å². The van der Waals surface area contributed by atoms with Crippen molar-refractivity contribution in [3.8, 4) is 16.2 Å². The van der Waals surface area contributed by atoms with Crippen molar-refractivity contribution in [2.24, 2.45) is 0 Å². The van der Waals surface area contributed by atoms with Gasteiger partial charge in [-0.1, -0.05) is 37.6 Å². The van der Waals surface area contributed by atoms with E-state index in [-0.39, 0.29) is 11.8 Å². The normalized spacial score (nSPS) is 12.2. The van der Waals surface area contributed by atoms with E-state index in [9.17, 15) is 9.59 Å². The van der Waals surface area contributed by atoms with Gasteiger partial charge in [0.15, 0.2) is 0 Å². The van der Waals surface area contributed by atoms with Gasteiger partial charge in [-0.2, -0.15) is 0 Å². The summed E-state index contributed by atoms with van der Waals surface area (Å²) in [6.07, 6.45) is 2.55. The van der Waals surface area contributed by atoms with E-state index < -0.39 is 0 Å². The molecule has 0 saturated carbocycles. The van der Waals surface area contributed by atoms with Crippen LogP contribution in [0.25, 0.3) is 10.4 Å². The first-order chi connectivity index (χ1) is 16.4. The van der Waals surface area contributed by atoms with Gasteiger partial charge in [-0.15, -0.1) is 11.3 Å². The zero-order valence-corrected chi connectivity index (χ0v) is 21.3. The molecule has 2 aromatic carbocycles. The highest BCUT2D eigenvalue weighted by Gasteiger charge is 2.24. The summed E-state index contributed by atoms with van der Waals surface area (Å²) in [4.78, 5) is 31.4. The molecule has 0 radical (unpaired) electrons. The highest BCUT2D eigenvalue weighted by atomic mass is 35.5. The maximum absolute atomic E-state index is 13.4. The molecule has 5 nitrogen and oxygen atoms in total. The molecule has 0 saturated heterocycles. The molecule has 1 aliphatic heterocycles. The van der Waals surface area contributed by atoms with Crippen LogP contribution >= 0.6 is 22.9 Å². The monoisotopic (exact) mass is 496 g/mol. The fraction of sp³-hybridized carbons (Fsp3) is 0.333. The molecule has 2 amide bonds. The number of carbonyl (C=O) groups excluding carboxylic acids is 2. The Bertz CT molecular complexity index is 1200. The van der Waals surface area contributed by atoms with Crippen molar-refractivity contribution in [2.75, 3.05) is 31.6 Å². The minimum Gasteiger partial charge on any atom is -0.493 e. The summed E-state index contributed by atoms with van der Waals surface area (Å²) < 4.78 is 5.86. The van der Waals surface area contributed by atoms with Crippen LogP contribution in [0.4, 0.5) is 5.69 Å². The van der Waals surface area contributed by atoms with Crippen molar-refractivity contribution < 1.29 is 14.3 Å². The number of para-hydroxylation sites is 1. The van der Waals surface area contributed by atoms with E-state index in [1.165, 1.54) is 11.3 Å². The molecule has 1 aliphatic rings. The lowest BCUT2D eigenvalue weighted by molar-refractivity contribution is 0.0755. The number of halogens is 1. The minimum absolute atomic E-state index is 0.0333. The van der Waals surface area contributed by atoms with Crippen molar-refractivity contribution in [1.29, 1.82) is 0 Å². The molecule has 3 aromatic rings. The molecule has 4 rings (SSSR count). The molecule has 1 aromatic heterocycles. The molecule has 0 N–H and O–H groups in total. The Hall–Kier alpha value is -2.83. The van der Waals surface area contributed by atoms with Crippen molar-refractivity contribution in [3.63, 3.8) is 0 Å². The standard InChI is InChI=1S/C27H29ClN2O3S/c1-4-13-30(14-5-2)26(31)19-10-11-22(21(28)16-19)29(3)27(32)24-17-18-12-15-33-23-9-7-6-8-20(23)25(18)34-24/h6-11,16-17H,4-5,12-15H2,1-3H3. The molecule has 0 fully saturated rings. The Kier molecular flexibility index (Phi) is 7.59. The van der Waals surface area contributed by atoms with Crippen LogP contribution in [-0.2, 0) is 6.42 Å². The van der Waals surface area contributed by atoms with Gasteiger partial charge in [0, 0.05) is 42.6 Å². The molecular weight excluding hydrogens is 468 g/mol. The number of benzene rings is 2.